The van der Waals surface area contributed by atoms with Gasteiger partial charge in [-0.25, -0.2) is 4.98 Å². The number of carbonyl (C=O) groups excluding carboxylic acids is 1. The Bertz CT molecular complexity index is 1280. The Morgan fingerprint density at radius 1 is 1.00 bits per heavy atom. The lowest BCUT2D eigenvalue weighted by atomic mass is 9.92. The molecular formula is C28H24F3N3O. The summed E-state index contributed by atoms with van der Waals surface area (Å²) in [5, 5.41) is 6.32. The number of alkyl halides is 3. The Kier molecular flexibility index (Phi) is 5.76. The molecule has 35 heavy (non-hydrogen) atoms. The first kappa shape index (κ1) is 23.0. The molecule has 7 heteroatoms. The van der Waals surface area contributed by atoms with E-state index in [4.69, 9.17) is 6.42 Å². The number of hydrogen-bond donors (Lipinski definition) is 2. The lowest BCUT2D eigenvalue weighted by molar-refractivity contribution is -0.141. The summed E-state index contributed by atoms with van der Waals surface area (Å²) in [5.41, 5.74) is 2.25. The van der Waals surface area contributed by atoms with Gasteiger partial charge in [0.25, 0.3) is 5.91 Å². The van der Waals surface area contributed by atoms with Crippen molar-refractivity contribution < 1.29 is 18.0 Å². The lowest BCUT2D eigenvalue weighted by Gasteiger charge is -2.28. The molecule has 0 bridgehead atoms. The Morgan fingerprint density at radius 3 is 2.23 bits per heavy atom. The molecule has 0 atom stereocenters. The molecule has 2 saturated carbocycles. The Balaban J connectivity index is 1.37. The molecule has 1 amide bonds. The van der Waals surface area contributed by atoms with Gasteiger partial charge >= 0.3 is 6.18 Å². The van der Waals surface area contributed by atoms with Crippen LogP contribution >= 0.6 is 0 Å². The summed E-state index contributed by atoms with van der Waals surface area (Å²) < 4.78 is 39.8. The second kappa shape index (κ2) is 8.77. The van der Waals surface area contributed by atoms with Gasteiger partial charge < -0.3 is 10.6 Å². The number of anilines is 1. The molecule has 0 spiro atoms. The minimum Gasteiger partial charge on any atom is -0.367 e. The van der Waals surface area contributed by atoms with Crippen LogP contribution in [0.1, 0.15) is 59.3 Å². The Labute approximate surface area is 202 Å². The third kappa shape index (κ3) is 4.74. The largest absolute Gasteiger partial charge is 0.433 e. The highest BCUT2D eigenvalue weighted by molar-refractivity contribution is 5.95. The summed E-state index contributed by atoms with van der Waals surface area (Å²) in [4.78, 5) is 16.7. The van der Waals surface area contributed by atoms with E-state index in [2.05, 4.69) is 21.5 Å². The SMILES string of the molecule is C#Cc1ccc(C(=O)NC2(c3ccc(-c4ccc(C(F)(F)F)nc4NC4CCC4)cc3)CC2)cc1. The number of carbonyl (C=O) groups is 1. The van der Waals surface area contributed by atoms with E-state index < -0.39 is 17.4 Å². The molecule has 2 fully saturated rings. The van der Waals surface area contributed by atoms with E-state index in [-0.39, 0.29) is 17.8 Å². The molecular weight excluding hydrogens is 451 g/mol. The van der Waals surface area contributed by atoms with Crippen molar-refractivity contribution in [1.82, 2.24) is 10.3 Å². The zero-order valence-electron chi connectivity index (χ0n) is 19.0. The summed E-state index contributed by atoms with van der Waals surface area (Å²) in [7, 11) is 0. The number of pyridine rings is 1. The van der Waals surface area contributed by atoms with Crippen LogP contribution in [0.3, 0.4) is 0 Å². The second-order valence-corrected chi connectivity index (χ2v) is 9.20. The quantitative estimate of drug-likeness (QED) is 0.422. The first-order valence-electron chi connectivity index (χ1n) is 11.6. The molecule has 0 unspecified atom stereocenters. The van der Waals surface area contributed by atoms with E-state index >= 15 is 0 Å². The number of nitrogens with zero attached hydrogens (tertiary/aromatic N) is 1. The maximum absolute atomic E-state index is 13.3. The van der Waals surface area contributed by atoms with E-state index in [9.17, 15) is 18.0 Å². The highest BCUT2D eigenvalue weighted by Crippen LogP contribution is 2.46. The van der Waals surface area contributed by atoms with Gasteiger partial charge in [-0.15, -0.1) is 6.42 Å². The molecule has 0 saturated heterocycles. The van der Waals surface area contributed by atoms with Gasteiger partial charge in [-0.1, -0.05) is 30.2 Å². The number of benzene rings is 2. The first-order chi connectivity index (χ1) is 16.8. The number of halogens is 3. The third-order valence-electron chi connectivity index (χ3n) is 6.80. The van der Waals surface area contributed by atoms with Crippen molar-refractivity contribution in [2.75, 3.05) is 5.32 Å². The van der Waals surface area contributed by atoms with E-state index in [1.54, 1.807) is 24.3 Å². The predicted octanol–water partition coefficient (Wildman–Crippen LogP) is 6.13. The van der Waals surface area contributed by atoms with Crippen LogP contribution < -0.4 is 10.6 Å². The van der Waals surface area contributed by atoms with Crippen molar-refractivity contribution in [3.63, 3.8) is 0 Å². The van der Waals surface area contributed by atoms with Crippen molar-refractivity contribution in [2.45, 2.75) is 49.9 Å². The number of aromatic nitrogens is 1. The van der Waals surface area contributed by atoms with Crippen molar-refractivity contribution in [3.8, 4) is 23.5 Å². The molecule has 0 aliphatic heterocycles. The zero-order valence-corrected chi connectivity index (χ0v) is 19.0. The molecule has 2 aliphatic carbocycles. The number of amides is 1. The number of nitrogens with one attached hydrogen (secondary N) is 2. The van der Waals surface area contributed by atoms with Gasteiger partial charge in [0.05, 0.1) is 5.54 Å². The average Bonchev–Trinajstić information content (AvgIpc) is 3.61. The van der Waals surface area contributed by atoms with Gasteiger partial charge in [-0.05, 0) is 79.6 Å². The maximum Gasteiger partial charge on any atom is 0.433 e. The van der Waals surface area contributed by atoms with Crippen molar-refractivity contribution in [1.29, 1.82) is 0 Å². The molecule has 0 radical (unpaired) electrons. The summed E-state index contributed by atoms with van der Waals surface area (Å²) in [6.07, 6.45) is 5.41. The summed E-state index contributed by atoms with van der Waals surface area (Å²) >= 11 is 0. The molecule has 4 nitrogen and oxygen atoms in total. The van der Waals surface area contributed by atoms with Crippen LogP contribution in [0, 0.1) is 12.3 Å². The van der Waals surface area contributed by atoms with Gasteiger partial charge in [0, 0.05) is 22.7 Å². The molecule has 3 aromatic rings. The van der Waals surface area contributed by atoms with E-state index in [0.29, 0.717) is 16.7 Å². The van der Waals surface area contributed by atoms with Crippen molar-refractivity contribution >= 4 is 11.7 Å². The molecule has 2 aliphatic rings. The minimum absolute atomic E-state index is 0.142. The Morgan fingerprint density at radius 2 is 1.69 bits per heavy atom. The van der Waals surface area contributed by atoms with Gasteiger partial charge in [-0.2, -0.15) is 13.2 Å². The fraction of sp³-hybridized carbons (Fsp3) is 0.286. The van der Waals surface area contributed by atoms with Crippen LogP contribution in [-0.4, -0.2) is 16.9 Å². The average molecular weight is 476 g/mol. The van der Waals surface area contributed by atoms with Gasteiger partial charge in [0.2, 0.25) is 0 Å². The van der Waals surface area contributed by atoms with Crippen molar-refractivity contribution in [3.05, 3.63) is 83.0 Å². The predicted molar refractivity (Wildman–Crippen MR) is 129 cm³/mol. The molecule has 178 valence electrons. The van der Waals surface area contributed by atoms with Gasteiger partial charge in [-0.3, -0.25) is 4.79 Å². The van der Waals surface area contributed by atoms with Crippen LogP contribution in [0.15, 0.2) is 60.7 Å². The normalized spacial score (nSPS) is 16.6. The molecule has 5 rings (SSSR count). The highest BCUT2D eigenvalue weighted by atomic mass is 19.4. The Hall–Kier alpha value is -3.79. The van der Waals surface area contributed by atoms with Crippen LogP contribution in [-0.2, 0) is 11.7 Å². The second-order valence-electron chi connectivity index (χ2n) is 9.20. The number of rotatable bonds is 6. The molecule has 2 aromatic carbocycles. The topological polar surface area (TPSA) is 54.0 Å². The van der Waals surface area contributed by atoms with Crippen molar-refractivity contribution in [2.24, 2.45) is 0 Å². The van der Waals surface area contributed by atoms with Crippen LogP contribution in [0.4, 0.5) is 19.0 Å². The lowest BCUT2D eigenvalue weighted by Crippen LogP contribution is -2.34. The zero-order chi connectivity index (χ0) is 24.6. The van der Waals surface area contributed by atoms with E-state index in [1.165, 1.54) is 6.07 Å². The molecule has 2 N–H and O–H groups in total. The molecule has 1 aromatic heterocycles. The fourth-order valence-corrected chi connectivity index (χ4v) is 4.29. The standard InChI is InChI=1S/C28H24F3N3O/c1-2-18-6-8-20(9-7-18)26(35)34-27(16-17-27)21-12-10-19(11-13-21)23-14-15-24(28(29,30)31)33-25(23)32-22-4-3-5-22/h1,6-15,22H,3-5,16-17H2,(H,32,33)(H,34,35). The van der Waals surface area contributed by atoms with E-state index in [1.807, 2.05) is 24.3 Å². The summed E-state index contributed by atoms with van der Waals surface area (Å²) in [6, 6.07) is 17.1. The highest BCUT2D eigenvalue weighted by Gasteiger charge is 2.45. The van der Waals surface area contributed by atoms with E-state index in [0.717, 1.165) is 49.3 Å². The number of hydrogen-bond acceptors (Lipinski definition) is 3. The summed E-state index contributed by atoms with van der Waals surface area (Å²) in [6.45, 7) is 0. The van der Waals surface area contributed by atoms with Crippen LogP contribution in [0.2, 0.25) is 0 Å². The third-order valence-corrected chi connectivity index (χ3v) is 6.80. The first-order valence-corrected chi connectivity index (χ1v) is 11.6. The van der Waals surface area contributed by atoms with Crippen LogP contribution in [0.25, 0.3) is 11.1 Å². The molecule has 1 heterocycles. The maximum atomic E-state index is 13.3. The van der Waals surface area contributed by atoms with Crippen LogP contribution in [0.5, 0.6) is 0 Å². The smallest absolute Gasteiger partial charge is 0.367 e. The van der Waals surface area contributed by atoms with Gasteiger partial charge in [0.1, 0.15) is 11.5 Å². The summed E-state index contributed by atoms with van der Waals surface area (Å²) in [5.74, 6) is 2.61. The fourth-order valence-electron chi connectivity index (χ4n) is 4.29. The number of terminal acetylenes is 1. The monoisotopic (exact) mass is 475 g/mol. The minimum atomic E-state index is -4.50. The van der Waals surface area contributed by atoms with Gasteiger partial charge in [0.15, 0.2) is 0 Å².